The summed E-state index contributed by atoms with van der Waals surface area (Å²) in [5.74, 6) is 0.965. The minimum absolute atomic E-state index is 0.146. The summed E-state index contributed by atoms with van der Waals surface area (Å²) in [7, 11) is 0. The van der Waals surface area contributed by atoms with Crippen LogP contribution < -0.4 is 10.1 Å². The van der Waals surface area contributed by atoms with Crippen LogP contribution in [0.2, 0.25) is 0 Å². The van der Waals surface area contributed by atoms with Crippen molar-refractivity contribution >= 4 is 11.6 Å². The summed E-state index contributed by atoms with van der Waals surface area (Å²) >= 11 is 0. The molecule has 0 bridgehead atoms. The Bertz CT molecular complexity index is 620. The van der Waals surface area contributed by atoms with Crippen molar-refractivity contribution in [3.05, 3.63) is 60.2 Å². The minimum atomic E-state index is 0.146. The van der Waals surface area contributed by atoms with E-state index >= 15 is 0 Å². The van der Waals surface area contributed by atoms with E-state index in [1.165, 1.54) is 0 Å². The lowest BCUT2D eigenvalue weighted by Crippen LogP contribution is -2.36. The van der Waals surface area contributed by atoms with Gasteiger partial charge in [0, 0.05) is 18.8 Å². The number of carbonyl (C=O) groups excluding carboxylic acids is 1. The number of anilines is 1. The summed E-state index contributed by atoms with van der Waals surface area (Å²) < 4.78 is 5.77. The molecule has 2 aromatic rings. The lowest BCUT2D eigenvalue weighted by molar-refractivity contribution is -0.129. The van der Waals surface area contributed by atoms with E-state index in [-0.39, 0.29) is 5.91 Å². The molecule has 0 spiro atoms. The van der Waals surface area contributed by atoms with Gasteiger partial charge in [0.15, 0.2) is 0 Å². The molecule has 0 aliphatic heterocycles. The number of nitrogens with zero attached hydrogens (tertiary/aromatic N) is 1. The highest BCUT2D eigenvalue weighted by atomic mass is 16.5. The first-order valence-electron chi connectivity index (χ1n) is 9.01. The van der Waals surface area contributed by atoms with E-state index in [1.54, 1.807) is 0 Å². The Morgan fingerprint density at radius 2 is 1.60 bits per heavy atom. The van der Waals surface area contributed by atoms with Crippen LogP contribution >= 0.6 is 0 Å². The third-order valence-corrected chi connectivity index (χ3v) is 3.89. The molecule has 1 N–H and O–H groups in total. The van der Waals surface area contributed by atoms with Crippen LogP contribution in [0.5, 0.6) is 5.75 Å². The van der Waals surface area contributed by atoms with E-state index in [9.17, 15) is 4.79 Å². The van der Waals surface area contributed by atoms with Crippen molar-refractivity contribution in [1.29, 1.82) is 0 Å². The second kappa shape index (κ2) is 10.4. The number of ether oxygens (including phenoxy) is 1. The zero-order chi connectivity index (χ0) is 17.9. The smallest absolute Gasteiger partial charge is 0.241 e. The Morgan fingerprint density at radius 1 is 0.960 bits per heavy atom. The summed E-state index contributed by atoms with van der Waals surface area (Å²) in [6.45, 7) is 6.70. The van der Waals surface area contributed by atoms with Gasteiger partial charge in [-0.05, 0) is 42.7 Å². The Hall–Kier alpha value is -2.49. The van der Waals surface area contributed by atoms with Crippen LogP contribution in [0, 0.1) is 0 Å². The molecule has 0 unspecified atom stereocenters. The number of benzene rings is 2. The van der Waals surface area contributed by atoms with Crippen LogP contribution in [-0.4, -0.2) is 30.4 Å². The van der Waals surface area contributed by atoms with E-state index < -0.39 is 0 Å². The largest absolute Gasteiger partial charge is 0.489 e. The van der Waals surface area contributed by atoms with Gasteiger partial charge >= 0.3 is 0 Å². The monoisotopic (exact) mass is 340 g/mol. The number of amides is 1. The molecule has 2 rings (SSSR count). The van der Waals surface area contributed by atoms with Gasteiger partial charge in [-0.25, -0.2) is 0 Å². The Balaban J connectivity index is 1.80. The van der Waals surface area contributed by atoms with Crippen LogP contribution in [0.25, 0.3) is 0 Å². The van der Waals surface area contributed by atoms with E-state index in [2.05, 4.69) is 19.2 Å². The second-order valence-electron chi connectivity index (χ2n) is 6.03. The number of carbonyl (C=O) groups is 1. The summed E-state index contributed by atoms with van der Waals surface area (Å²) in [5.41, 5.74) is 2.07. The van der Waals surface area contributed by atoms with Crippen molar-refractivity contribution in [1.82, 2.24) is 4.90 Å². The van der Waals surface area contributed by atoms with Crippen molar-refractivity contribution in [2.24, 2.45) is 0 Å². The first kappa shape index (κ1) is 18.8. The number of hydrogen-bond acceptors (Lipinski definition) is 3. The predicted molar refractivity (Wildman–Crippen MR) is 103 cm³/mol. The van der Waals surface area contributed by atoms with Crippen LogP contribution in [0.15, 0.2) is 54.6 Å². The predicted octanol–water partition coefficient (Wildman–Crippen LogP) is 4.33. The van der Waals surface area contributed by atoms with Crippen LogP contribution in [0.3, 0.4) is 0 Å². The zero-order valence-corrected chi connectivity index (χ0v) is 15.2. The molecule has 2 aromatic carbocycles. The summed E-state index contributed by atoms with van der Waals surface area (Å²) in [5, 5.41) is 3.20. The molecule has 0 aromatic heterocycles. The van der Waals surface area contributed by atoms with E-state index in [1.807, 2.05) is 59.5 Å². The molecule has 4 heteroatoms. The molecular formula is C21H28N2O2. The van der Waals surface area contributed by atoms with Gasteiger partial charge in [0.05, 0.1) is 6.54 Å². The van der Waals surface area contributed by atoms with Gasteiger partial charge < -0.3 is 15.0 Å². The molecule has 0 saturated heterocycles. The number of nitrogens with one attached hydrogen (secondary N) is 1. The molecule has 0 radical (unpaired) electrons. The van der Waals surface area contributed by atoms with Crippen LogP contribution in [0.1, 0.15) is 32.3 Å². The third kappa shape index (κ3) is 6.49. The Labute approximate surface area is 150 Å². The van der Waals surface area contributed by atoms with E-state index in [0.717, 1.165) is 42.9 Å². The van der Waals surface area contributed by atoms with Gasteiger partial charge in [0.25, 0.3) is 0 Å². The number of hydrogen-bond donors (Lipinski definition) is 1. The van der Waals surface area contributed by atoms with Gasteiger partial charge in [-0.15, -0.1) is 0 Å². The van der Waals surface area contributed by atoms with Crippen molar-refractivity contribution in [3.63, 3.8) is 0 Å². The van der Waals surface area contributed by atoms with Crippen molar-refractivity contribution < 1.29 is 9.53 Å². The summed E-state index contributed by atoms with van der Waals surface area (Å²) in [6.07, 6.45) is 1.97. The Morgan fingerprint density at radius 3 is 2.20 bits per heavy atom. The van der Waals surface area contributed by atoms with Crippen molar-refractivity contribution in [3.8, 4) is 5.75 Å². The van der Waals surface area contributed by atoms with E-state index in [4.69, 9.17) is 4.74 Å². The maximum atomic E-state index is 12.3. The molecule has 0 saturated carbocycles. The van der Waals surface area contributed by atoms with Crippen LogP contribution in [0.4, 0.5) is 5.69 Å². The highest BCUT2D eigenvalue weighted by molar-refractivity contribution is 5.80. The van der Waals surface area contributed by atoms with Gasteiger partial charge in [-0.3, -0.25) is 4.79 Å². The number of rotatable bonds is 10. The molecule has 0 aliphatic carbocycles. The summed E-state index contributed by atoms with van der Waals surface area (Å²) in [4.78, 5) is 14.2. The van der Waals surface area contributed by atoms with Gasteiger partial charge in [0.2, 0.25) is 5.91 Å². The maximum Gasteiger partial charge on any atom is 0.241 e. The van der Waals surface area contributed by atoms with Crippen LogP contribution in [-0.2, 0) is 11.4 Å². The summed E-state index contributed by atoms with van der Waals surface area (Å²) in [6, 6.07) is 17.8. The highest BCUT2D eigenvalue weighted by Crippen LogP contribution is 2.17. The van der Waals surface area contributed by atoms with Gasteiger partial charge in [0.1, 0.15) is 12.4 Å². The Kier molecular flexibility index (Phi) is 7.83. The quantitative estimate of drug-likeness (QED) is 0.700. The molecule has 25 heavy (non-hydrogen) atoms. The molecule has 0 atom stereocenters. The van der Waals surface area contributed by atoms with Crippen molar-refractivity contribution in [2.45, 2.75) is 33.3 Å². The fourth-order valence-corrected chi connectivity index (χ4v) is 2.60. The lowest BCUT2D eigenvalue weighted by Gasteiger charge is -2.21. The topological polar surface area (TPSA) is 41.6 Å². The average Bonchev–Trinajstić information content (AvgIpc) is 2.66. The molecule has 0 aliphatic rings. The second-order valence-corrected chi connectivity index (χ2v) is 6.03. The fraction of sp³-hybridized carbons (Fsp3) is 0.381. The lowest BCUT2D eigenvalue weighted by atomic mass is 10.2. The molecule has 4 nitrogen and oxygen atoms in total. The molecule has 0 heterocycles. The maximum absolute atomic E-state index is 12.3. The first-order valence-corrected chi connectivity index (χ1v) is 9.01. The molecule has 0 fully saturated rings. The van der Waals surface area contributed by atoms with E-state index in [0.29, 0.717) is 13.2 Å². The standard InChI is InChI=1S/C21H28N2O2/c1-3-14-23(15-4-2)21(24)16-22-19-10-12-20(13-11-19)25-17-18-8-6-5-7-9-18/h5-13,22H,3-4,14-17H2,1-2H3. The van der Waals surface area contributed by atoms with Gasteiger partial charge in [-0.2, -0.15) is 0 Å². The fourth-order valence-electron chi connectivity index (χ4n) is 2.60. The van der Waals surface area contributed by atoms with Gasteiger partial charge in [-0.1, -0.05) is 44.2 Å². The molecular weight excluding hydrogens is 312 g/mol. The molecule has 134 valence electrons. The average molecular weight is 340 g/mol. The highest BCUT2D eigenvalue weighted by Gasteiger charge is 2.11. The SMILES string of the molecule is CCCN(CCC)C(=O)CNc1ccc(OCc2ccccc2)cc1. The zero-order valence-electron chi connectivity index (χ0n) is 15.2. The van der Waals surface area contributed by atoms with Crippen molar-refractivity contribution in [2.75, 3.05) is 25.0 Å². The normalized spacial score (nSPS) is 10.3. The molecule has 1 amide bonds. The first-order chi connectivity index (χ1) is 12.2. The third-order valence-electron chi connectivity index (χ3n) is 3.89. The minimum Gasteiger partial charge on any atom is -0.489 e.